The molecule has 1 aromatic carbocycles. The molecule has 0 N–H and O–H groups in total. The van der Waals surface area contributed by atoms with Crippen LogP contribution in [0.3, 0.4) is 0 Å². The molecule has 142 valence electrons. The molecule has 9 heteroatoms. The first kappa shape index (κ1) is 23.0. The molecule has 0 bridgehead atoms. The second-order valence-electron chi connectivity index (χ2n) is 4.21. The lowest BCUT2D eigenvalue weighted by Crippen LogP contribution is -2.28. The smallest absolute Gasteiger partial charge is 0.376 e. The lowest BCUT2D eigenvalue weighted by atomic mass is 10.0. The molecule has 1 heterocycles. The summed E-state index contributed by atoms with van der Waals surface area (Å²) in [5.41, 5.74) is -3.53. The first-order chi connectivity index (χ1) is 11.6. The lowest BCUT2D eigenvalue weighted by molar-refractivity contribution is -0.0500. The number of rotatable bonds is 3. The van der Waals surface area contributed by atoms with E-state index < -0.39 is 21.4 Å². The topological polar surface area (TPSA) is 69.4 Å². The van der Waals surface area contributed by atoms with E-state index >= 15 is 0 Å². The third-order valence-corrected chi connectivity index (χ3v) is 3.64. The molecule has 2 rings (SSSR count). The molecule has 0 saturated heterocycles. The average Bonchev–Trinajstić information content (AvgIpc) is 2.90. The van der Waals surface area contributed by atoms with Crippen LogP contribution in [0, 0.1) is 13.8 Å². The van der Waals surface area contributed by atoms with Crippen LogP contribution in [0.4, 0.5) is 13.2 Å². The Morgan fingerprint density at radius 1 is 1.00 bits per heavy atom. The number of benzene rings is 1. The van der Waals surface area contributed by atoms with E-state index in [9.17, 15) is 21.6 Å². The van der Waals surface area contributed by atoms with Crippen molar-refractivity contribution in [3.63, 3.8) is 0 Å². The maximum atomic E-state index is 12.2. The molecule has 0 radical (unpaired) electrons. The summed E-state index contributed by atoms with van der Waals surface area (Å²) in [6.45, 7) is 11.4. The molecule has 0 atom stereocenters. The summed E-state index contributed by atoms with van der Waals surface area (Å²) in [6, 6.07) is 5.11. The molecule has 1 aromatic heterocycles. The summed E-state index contributed by atoms with van der Waals surface area (Å²) in [4.78, 5) is 0. The fourth-order valence-corrected chi connectivity index (χ4v) is 2.21. The predicted octanol–water partition coefficient (Wildman–Crippen LogP) is 5.24. The van der Waals surface area contributed by atoms with Gasteiger partial charge in [0.1, 0.15) is 11.5 Å². The van der Waals surface area contributed by atoms with Crippen molar-refractivity contribution in [2.75, 3.05) is 0 Å². The average molecular weight is 381 g/mol. The molecule has 0 unspecified atom stereocenters. The SMILES string of the molecule is CC.CC.Cc1noc(C)c1-c1ccc(OS(=O)(=O)C(F)(F)F)cc1. The predicted molar refractivity (Wildman–Crippen MR) is 89.7 cm³/mol. The van der Waals surface area contributed by atoms with Crippen molar-refractivity contribution in [1.29, 1.82) is 0 Å². The Morgan fingerprint density at radius 3 is 1.84 bits per heavy atom. The third kappa shape index (κ3) is 5.77. The number of hydrogen-bond donors (Lipinski definition) is 0. The highest BCUT2D eigenvalue weighted by molar-refractivity contribution is 7.88. The summed E-state index contributed by atoms with van der Waals surface area (Å²) in [7, 11) is -5.66. The van der Waals surface area contributed by atoms with Crippen molar-refractivity contribution >= 4 is 10.1 Å². The maximum Gasteiger partial charge on any atom is 0.534 e. The number of nitrogens with zero attached hydrogens (tertiary/aromatic N) is 1. The number of alkyl halides is 3. The Labute approximate surface area is 145 Å². The Balaban J connectivity index is 0.00000134. The van der Waals surface area contributed by atoms with Gasteiger partial charge in [-0.25, -0.2) is 0 Å². The van der Waals surface area contributed by atoms with Gasteiger partial charge in [-0.3, -0.25) is 0 Å². The van der Waals surface area contributed by atoms with E-state index in [0.29, 0.717) is 22.6 Å². The zero-order chi connectivity index (χ0) is 19.8. The van der Waals surface area contributed by atoms with E-state index in [4.69, 9.17) is 4.52 Å². The van der Waals surface area contributed by atoms with Crippen molar-refractivity contribution in [1.82, 2.24) is 5.16 Å². The summed E-state index contributed by atoms with van der Waals surface area (Å²) in [5, 5.41) is 3.76. The Bertz CT molecular complexity index is 731. The van der Waals surface area contributed by atoms with Gasteiger partial charge in [0.25, 0.3) is 0 Å². The highest BCUT2D eigenvalue weighted by Gasteiger charge is 2.48. The number of hydrogen-bond acceptors (Lipinski definition) is 5. The van der Waals surface area contributed by atoms with Gasteiger partial charge in [0.15, 0.2) is 0 Å². The third-order valence-electron chi connectivity index (χ3n) is 2.67. The molecule has 0 amide bonds. The highest BCUT2D eigenvalue weighted by atomic mass is 32.2. The summed E-state index contributed by atoms with van der Waals surface area (Å²) in [5.74, 6) is 0.118. The van der Waals surface area contributed by atoms with E-state index in [2.05, 4.69) is 9.34 Å². The van der Waals surface area contributed by atoms with Crippen molar-refractivity contribution < 1.29 is 30.3 Å². The van der Waals surface area contributed by atoms with Crippen molar-refractivity contribution in [3.8, 4) is 16.9 Å². The van der Waals surface area contributed by atoms with E-state index in [0.717, 1.165) is 12.1 Å². The first-order valence-corrected chi connectivity index (χ1v) is 9.07. The van der Waals surface area contributed by atoms with E-state index in [1.54, 1.807) is 13.8 Å². The van der Waals surface area contributed by atoms with Crippen LogP contribution in [0.2, 0.25) is 0 Å². The Kier molecular flexibility index (Phi) is 8.68. The molecule has 0 aliphatic rings. The van der Waals surface area contributed by atoms with Crippen LogP contribution >= 0.6 is 0 Å². The van der Waals surface area contributed by atoms with Gasteiger partial charge in [0.05, 0.1) is 5.69 Å². The summed E-state index contributed by atoms with van der Waals surface area (Å²) < 4.78 is 67.3. The van der Waals surface area contributed by atoms with Gasteiger partial charge in [-0.15, -0.1) is 0 Å². The molecular formula is C16H22F3NO4S. The van der Waals surface area contributed by atoms with Gasteiger partial charge in [-0.05, 0) is 31.5 Å². The minimum atomic E-state index is -5.66. The van der Waals surface area contributed by atoms with Crippen LogP contribution in [-0.2, 0) is 10.1 Å². The zero-order valence-corrected chi connectivity index (χ0v) is 15.7. The minimum absolute atomic E-state index is 0.428. The number of aromatic nitrogens is 1. The molecule has 0 fully saturated rings. The second-order valence-corrected chi connectivity index (χ2v) is 5.74. The van der Waals surface area contributed by atoms with Crippen LogP contribution in [0.15, 0.2) is 28.8 Å². The molecule has 0 spiro atoms. The molecule has 0 aliphatic carbocycles. The molecule has 5 nitrogen and oxygen atoms in total. The number of halogens is 3. The Morgan fingerprint density at radius 2 is 1.48 bits per heavy atom. The zero-order valence-electron chi connectivity index (χ0n) is 14.9. The maximum absolute atomic E-state index is 12.2. The van der Waals surface area contributed by atoms with Gasteiger partial charge in [0, 0.05) is 5.56 Å². The molecule has 0 aliphatic heterocycles. The van der Waals surface area contributed by atoms with E-state index in [1.807, 2.05) is 27.7 Å². The van der Waals surface area contributed by atoms with Gasteiger partial charge in [0.2, 0.25) is 0 Å². The van der Waals surface area contributed by atoms with E-state index in [1.165, 1.54) is 12.1 Å². The van der Waals surface area contributed by atoms with Crippen LogP contribution in [0.1, 0.15) is 39.1 Å². The second kappa shape index (κ2) is 9.45. The first-order valence-electron chi connectivity index (χ1n) is 7.66. The molecule has 0 saturated carbocycles. The van der Waals surface area contributed by atoms with Gasteiger partial charge >= 0.3 is 15.6 Å². The fraction of sp³-hybridized carbons (Fsp3) is 0.438. The number of aryl methyl sites for hydroxylation is 2. The molecule has 2 aromatic rings. The van der Waals surface area contributed by atoms with Gasteiger partial charge in [-0.1, -0.05) is 45.0 Å². The summed E-state index contributed by atoms with van der Waals surface area (Å²) in [6.07, 6.45) is 0. The van der Waals surface area contributed by atoms with Crippen LogP contribution in [-0.4, -0.2) is 19.1 Å². The minimum Gasteiger partial charge on any atom is -0.376 e. The molecular weight excluding hydrogens is 359 g/mol. The Hall–Kier alpha value is -2.03. The van der Waals surface area contributed by atoms with Crippen LogP contribution in [0.25, 0.3) is 11.1 Å². The highest BCUT2D eigenvalue weighted by Crippen LogP contribution is 2.30. The van der Waals surface area contributed by atoms with E-state index in [-0.39, 0.29) is 0 Å². The monoisotopic (exact) mass is 381 g/mol. The quantitative estimate of drug-likeness (QED) is 0.537. The van der Waals surface area contributed by atoms with Crippen molar-refractivity contribution in [2.24, 2.45) is 0 Å². The van der Waals surface area contributed by atoms with Gasteiger partial charge in [-0.2, -0.15) is 21.6 Å². The fourth-order valence-electron chi connectivity index (χ4n) is 1.75. The molecule has 25 heavy (non-hydrogen) atoms. The summed E-state index contributed by atoms with van der Waals surface area (Å²) >= 11 is 0. The van der Waals surface area contributed by atoms with Crippen LogP contribution in [0.5, 0.6) is 5.75 Å². The largest absolute Gasteiger partial charge is 0.534 e. The normalized spacial score (nSPS) is 10.9. The van der Waals surface area contributed by atoms with Crippen molar-refractivity contribution in [2.45, 2.75) is 47.1 Å². The van der Waals surface area contributed by atoms with Crippen molar-refractivity contribution in [3.05, 3.63) is 35.7 Å². The standard InChI is InChI=1S/C12H10F3NO4S.2C2H6/c1-7-11(8(2)19-16-7)9-3-5-10(6-4-9)20-21(17,18)12(13,14)15;2*1-2/h3-6H,1-2H3;2*1-2H3. The van der Waals surface area contributed by atoms with Crippen LogP contribution < -0.4 is 4.18 Å². The lowest BCUT2D eigenvalue weighted by Gasteiger charge is -2.09. The van der Waals surface area contributed by atoms with Gasteiger partial charge < -0.3 is 8.71 Å².